The molecule has 1 aromatic rings. The van der Waals surface area contributed by atoms with Gasteiger partial charge in [-0.25, -0.2) is 8.78 Å². The average Bonchev–Trinajstić information content (AvgIpc) is 2.87. The summed E-state index contributed by atoms with van der Waals surface area (Å²) < 4.78 is 30.9. The highest BCUT2D eigenvalue weighted by Gasteiger charge is 2.35. The van der Waals surface area contributed by atoms with Crippen molar-refractivity contribution in [2.45, 2.75) is 105 Å². The van der Waals surface area contributed by atoms with Crippen LogP contribution >= 0.6 is 12.6 Å². The number of nitrogens with one attached hydrogen (secondary N) is 1. The maximum absolute atomic E-state index is 12.5. The third kappa shape index (κ3) is 12.7. The number of hydrogen-bond acceptors (Lipinski definition) is 5. The first kappa shape index (κ1) is 38.1. The van der Waals surface area contributed by atoms with Gasteiger partial charge in [0, 0.05) is 59.7 Å². The molecule has 1 saturated heterocycles. The first-order valence-electron chi connectivity index (χ1n) is 14.4. The number of piperazine rings is 1. The molecule has 1 radical (unpaired) electrons. The van der Waals surface area contributed by atoms with Crippen molar-refractivity contribution in [3.05, 3.63) is 71.0 Å². The summed E-state index contributed by atoms with van der Waals surface area (Å²) in [5.74, 6) is -0.984. The number of hydrogen-bond donors (Lipinski definition) is 2. The van der Waals surface area contributed by atoms with E-state index in [1.807, 2.05) is 42.1 Å². The van der Waals surface area contributed by atoms with Crippen molar-refractivity contribution in [3.8, 4) is 0 Å². The molecule has 1 atom stereocenters. The van der Waals surface area contributed by atoms with Crippen LogP contribution in [0.3, 0.4) is 0 Å². The summed E-state index contributed by atoms with van der Waals surface area (Å²) in [6, 6.07) is 4.09. The molecule has 1 aliphatic rings. The van der Waals surface area contributed by atoms with E-state index in [1.54, 1.807) is 6.20 Å². The molecule has 1 fully saturated rings. The molecule has 225 valence electrons. The monoisotopic (exact) mass is 576 g/mol. The van der Waals surface area contributed by atoms with Gasteiger partial charge in [-0.05, 0) is 85.0 Å². The summed E-state index contributed by atoms with van der Waals surface area (Å²) in [6.45, 7) is 29.4. The van der Waals surface area contributed by atoms with E-state index in [-0.39, 0.29) is 4.75 Å². The molecule has 1 aliphatic heterocycles. The number of nitrogens with zero attached hydrogens (tertiary/aromatic N) is 2. The second-order valence-electron chi connectivity index (χ2n) is 10.7. The van der Waals surface area contributed by atoms with Crippen LogP contribution in [0.1, 0.15) is 88.1 Å². The molecule has 1 N–H and O–H groups in total. The summed E-state index contributed by atoms with van der Waals surface area (Å²) in [7, 11) is 1.85. The van der Waals surface area contributed by atoms with Gasteiger partial charge in [0.15, 0.2) is 0 Å². The first-order chi connectivity index (χ1) is 18.7. The lowest BCUT2D eigenvalue weighted by Crippen LogP contribution is -2.48. The van der Waals surface area contributed by atoms with E-state index >= 15 is 0 Å². The van der Waals surface area contributed by atoms with Gasteiger partial charge in [0.2, 0.25) is 0 Å². The van der Waals surface area contributed by atoms with Crippen molar-refractivity contribution in [1.82, 2.24) is 10.2 Å². The van der Waals surface area contributed by atoms with Gasteiger partial charge >= 0.3 is 7.48 Å². The van der Waals surface area contributed by atoms with Crippen LogP contribution in [0.5, 0.6) is 0 Å². The number of benzene rings is 1. The third-order valence-corrected chi connectivity index (χ3v) is 7.40. The Morgan fingerprint density at radius 1 is 1.20 bits per heavy atom. The molecule has 8 heteroatoms. The molecule has 0 spiro atoms. The molecule has 4 nitrogen and oxygen atoms in total. The maximum Gasteiger partial charge on any atom is 0.331 e. The molecule has 1 heterocycles. The van der Waals surface area contributed by atoms with Crippen LogP contribution in [0, 0.1) is 11.6 Å². The van der Waals surface area contributed by atoms with E-state index in [0.717, 1.165) is 60.9 Å². The number of thiol groups is 1. The van der Waals surface area contributed by atoms with Crippen molar-refractivity contribution >= 4 is 25.8 Å². The first-order valence-corrected chi connectivity index (χ1v) is 14.8. The van der Waals surface area contributed by atoms with Crippen molar-refractivity contribution in [3.63, 3.8) is 0 Å². The van der Waals surface area contributed by atoms with Gasteiger partial charge in [-0.2, -0.15) is 12.6 Å². The van der Waals surface area contributed by atoms with Gasteiger partial charge in [-0.15, -0.1) is 0 Å². The van der Waals surface area contributed by atoms with Crippen LogP contribution in [0.15, 0.2) is 58.8 Å². The zero-order chi connectivity index (χ0) is 31.1. The van der Waals surface area contributed by atoms with E-state index in [9.17, 15) is 8.78 Å². The van der Waals surface area contributed by atoms with E-state index in [4.69, 9.17) is 17.3 Å². The highest BCUT2D eigenvalue weighted by Crippen LogP contribution is 2.32. The quantitative estimate of drug-likeness (QED) is 0.128. The molecule has 0 saturated carbocycles. The number of aliphatic imine (C=N–C) groups is 1. The number of rotatable bonds is 10. The average molecular weight is 577 g/mol. The minimum atomic E-state index is -0.492. The van der Waals surface area contributed by atoms with Crippen molar-refractivity contribution in [1.29, 1.82) is 0 Å². The Labute approximate surface area is 250 Å². The normalized spacial score (nSPS) is 17.1. The lowest BCUT2D eigenvalue weighted by molar-refractivity contribution is 0.0845. The molecular formula is C32H53BF2N3OS. The fraction of sp³-hybridized carbons (Fsp3) is 0.594. The van der Waals surface area contributed by atoms with Crippen LogP contribution < -0.4 is 5.32 Å². The van der Waals surface area contributed by atoms with Gasteiger partial charge in [-0.1, -0.05) is 39.8 Å². The molecule has 40 heavy (non-hydrogen) atoms. The van der Waals surface area contributed by atoms with Gasteiger partial charge in [0.1, 0.15) is 11.6 Å². The van der Waals surface area contributed by atoms with Crippen LogP contribution in [-0.4, -0.2) is 54.1 Å². The van der Waals surface area contributed by atoms with E-state index in [1.165, 1.54) is 17.8 Å². The molecule has 0 unspecified atom stereocenters. The Kier molecular flexibility index (Phi) is 17.6. The Morgan fingerprint density at radius 2 is 1.77 bits per heavy atom. The van der Waals surface area contributed by atoms with Crippen molar-refractivity contribution < 1.29 is 13.4 Å². The smallest absolute Gasteiger partial charge is 0.331 e. The summed E-state index contributed by atoms with van der Waals surface area (Å²) in [5.41, 5.74) is 4.57. The van der Waals surface area contributed by atoms with Gasteiger partial charge in [-0.3, -0.25) is 4.99 Å². The topological polar surface area (TPSA) is 36.9 Å². The minimum absolute atomic E-state index is 0.278. The highest BCUT2D eigenvalue weighted by atomic mass is 32.1. The summed E-state index contributed by atoms with van der Waals surface area (Å²) in [6.07, 6.45) is 5.31. The van der Waals surface area contributed by atoms with Gasteiger partial charge < -0.3 is 14.9 Å². The Bertz CT molecular complexity index is 996. The molecule has 0 amide bonds. The standard InChI is InChI=1S/C21H37BN3OS.C9H10F2.C2H6/c1-10-18(22-26-20(6,7)21(8,9)27)19(16(4)23-11-2)17(5)25-13-12-24-15(3)14-25;1-2-3-7-4-8(10)6-9(11)5-7;1-2/h10-11,15,24,27H,2,12-14H2,1,3-9H3;4-6H,2-3H2,1H3;1-2H3/b18-10+,19-17-,23-16?;;/t15-;;/m1../s1. The Morgan fingerprint density at radius 3 is 2.23 bits per heavy atom. The van der Waals surface area contributed by atoms with Gasteiger partial charge in [0.25, 0.3) is 0 Å². The maximum atomic E-state index is 12.5. The summed E-state index contributed by atoms with van der Waals surface area (Å²) >= 11 is 4.70. The van der Waals surface area contributed by atoms with Crippen LogP contribution in [0.4, 0.5) is 8.78 Å². The fourth-order valence-corrected chi connectivity index (χ4v) is 4.00. The van der Waals surface area contributed by atoms with Gasteiger partial charge in [0.05, 0.1) is 5.60 Å². The van der Waals surface area contributed by atoms with Crippen molar-refractivity contribution in [2.75, 3.05) is 19.6 Å². The highest BCUT2D eigenvalue weighted by molar-refractivity contribution is 7.81. The fourth-order valence-electron chi connectivity index (χ4n) is 3.95. The zero-order valence-electron chi connectivity index (χ0n) is 26.8. The SMILES string of the molecule is C=CN=C(C)C(/C([B]OC(C)(C)C(C)(C)S)=C\C)=C(\C)N1CCN[C@H](C)C1.CC.CCCc1cc(F)cc(F)c1. The Balaban J connectivity index is 0.000000968. The molecule has 0 aromatic heterocycles. The van der Waals surface area contributed by atoms with Crippen LogP contribution in [0.2, 0.25) is 0 Å². The predicted molar refractivity (Wildman–Crippen MR) is 174 cm³/mol. The molecule has 1 aromatic carbocycles. The zero-order valence-corrected chi connectivity index (χ0v) is 27.7. The molecule has 0 aliphatic carbocycles. The molecule has 2 rings (SSSR count). The van der Waals surface area contributed by atoms with E-state index in [0.29, 0.717) is 6.04 Å². The van der Waals surface area contributed by atoms with Crippen LogP contribution in [-0.2, 0) is 11.1 Å². The second kappa shape index (κ2) is 18.5. The summed E-state index contributed by atoms with van der Waals surface area (Å²) in [5, 5.41) is 3.50. The lowest BCUT2D eigenvalue weighted by atomic mass is 9.76. The number of allylic oxidation sites excluding steroid dienone is 4. The van der Waals surface area contributed by atoms with E-state index in [2.05, 4.69) is 69.4 Å². The largest absolute Gasteiger partial charge is 0.428 e. The molecular weight excluding hydrogens is 523 g/mol. The molecule has 0 bridgehead atoms. The number of aryl methyl sites for hydroxylation is 1. The minimum Gasteiger partial charge on any atom is -0.428 e. The lowest BCUT2D eigenvalue weighted by Gasteiger charge is -2.39. The van der Waals surface area contributed by atoms with Crippen molar-refractivity contribution in [2.24, 2.45) is 4.99 Å². The second-order valence-corrected chi connectivity index (χ2v) is 11.9. The van der Waals surface area contributed by atoms with Crippen LogP contribution in [0.25, 0.3) is 0 Å². The Hall–Kier alpha value is -1.90. The summed E-state index contributed by atoms with van der Waals surface area (Å²) in [4.78, 5) is 6.89. The van der Waals surface area contributed by atoms with E-state index < -0.39 is 17.2 Å². The number of halogens is 2. The predicted octanol–water partition coefficient (Wildman–Crippen LogP) is 8.13. The third-order valence-electron chi connectivity index (χ3n) is 6.87.